The Bertz CT molecular complexity index is 419. The number of hydrogen-bond donors (Lipinski definition) is 2. The fraction of sp³-hybridized carbons (Fsp3) is 0.333. The van der Waals surface area contributed by atoms with E-state index in [0.717, 1.165) is 5.56 Å². The van der Waals surface area contributed by atoms with E-state index in [9.17, 15) is 9.59 Å². The van der Waals surface area contributed by atoms with Crippen molar-refractivity contribution < 1.29 is 14.3 Å². The number of β-lactam (4-membered cyclic amide) rings is 1. The van der Waals surface area contributed by atoms with Crippen LogP contribution in [0, 0.1) is 0 Å². The number of hydrogen-bond acceptors (Lipinski definition) is 3. The van der Waals surface area contributed by atoms with Crippen LogP contribution in [0.3, 0.4) is 0 Å². The molecule has 0 aliphatic carbocycles. The van der Waals surface area contributed by atoms with Gasteiger partial charge in [-0.2, -0.15) is 0 Å². The molecule has 0 unspecified atom stereocenters. The summed E-state index contributed by atoms with van der Waals surface area (Å²) in [5, 5.41) is 5.14. The Balaban J connectivity index is 1.76. The summed E-state index contributed by atoms with van der Waals surface area (Å²) in [5.41, 5.74) is 0.911. The van der Waals surface area contributed by atoms with Gasteiger partial charge in [0.15, 0.2) is 0 Å². The molecule has 0 spiro atoms. The first kappa shape index (κ1) is 11.4. The molecule has 2 atom stereocenters. The predicted octanol–water partition coefficient (Wildman–Crippen LogP) is 0.800. The molecular weight excluding hydrogens is 220 g/mol. The average molecular weight is 234 g/mol. The molecule has 2 amide bonds. The van der Waals surface area contributed by atoms with E-state index in [1.165, 1.54) is 0 Å². The number of carbonyl (C=O) groups excluding carboxylic acids is 2. The zero-order chi connectivity index (χ0) is 12.3. The van der Waals surface area contributed by atoms with Gasteiger partial charge in [-0.25, -0.2) is 4.79 Å². The quantitative estimate of drug-likeness (QED) is 0.760. The Morgan fingerprint density at radius 1 is 1.41 bits per heavy atom. The van der Waals surface area contributed by atoms with Crippen molar-refractivity contribution in [2.24, 2.45) is 0 Å². The van der Waals surface area contributed by atoms with Crippen LogP contribution in [0.25, 0.3) is 0 Å². The van der Waals surface area contributed by atoms with Gasteiger partial charge < -0.3 is 15.4 Å². The van der Waals surface area contributed by atoms with Crippen molar-refractivity contribution >= 4 is 12.0 Å². The van der Waals surface area contributed by atoms with E-state index in [2.05, 4.69) is 10.6 Å². The lowest BCUT2D eigenvalue weighted by Crippen LogP contribution is -2.67. The molecular formula is C12H14N2O3. The number of benzene rings is 1. The summed E-state index contributed by atoms with van der Waals surface area (Å²) < 4.78 is 5.00. The maximum absolute atomic E-state index is 11.4. The largest absolute Gasteiger partial charge is 0.445 e. The molecule has 2 N–H and O–H groups in total. The summed E-state index contributed by atoms with van der Waals surface area (Å²) in [4.78, 5) is 22.5. The van der Waals surface area contributed by atoms with Gasteiger partial charge >= 0.3 is 6.09 Å². The van der Waals surface area contributed by atoms with Crippen LogP contribution in [0.5, 0.6) is 0 Å². The molecule has 0 radical (unpaired) electrons. The number of amides is 2. The van der Waals surface area contributed by atoms with E-state index in [1.807, 2.05) is 37.3 Å². The summed E-state index contributed by atoms with van der Waals surface area (Å²) in [7, 11) is 0. The van der Waals surface area contributed by atoms with Crippen LogP contribution in [-0.4, -0.2) is 24.1 Å². The molecule has 2 rings (SSSR count). The highest BCUT2D eigenvalue weighted by molar-refractivity contribution is 5.92. The second kappa shape index (κ2) is 4.86. The highest BCUT2D eigenvalue weighted by Gasteiger charge is 2.37. The minimum Gasteiger partial charge on any atom is -0.445 e. The number of ether oxygens (including phenoxy) is 1. The Kier molecular flexibility index (Phi) is 3.27. The Labute approximate surface area is 99.2 Å². The van der Waals surface area contributed by atoms with Gasteiger partial charge in [-0.05, 0) is 12.5 Å². The second-order valence-corrected chi connectivity index (χ2v) is 3.98. The molecule has 0 saturated carbocycles. The first-order chi connectivity index (χ1) is 8.16. The van der Waals surface area contributed by atoms with Crippen LogP contribution in [0.4, 0.5) is 4.79 Å². The highest BCUT2D eigenvalue weighted by Crippen LogP contribution is 2.06. The molecule has 5 nitrogen and oxygen atoms in total. The summed E-state index contributed by atoms with van der Waals surface area (Å²) >= 11 is 0. The molecule has 1 heterocycles. The first-order valence-electron chi connectivity index (χ1n) is 5.44. The van der Waals surface area contributed by atoms with E-state index in [1.54, 1.807) is 0 Å². The normalized spacial score (nSPS) is 22.3. The van der Waals surface area contributed by atoms with E-state index in [4.69, 9.17) is 4.74 Å². The van der Waals surface area contributed by atoms with Crippen LogP contribution < -0.4 is 10.6 Å². The van der Waals surface area contributed by atoms with Crippen molar-refractivity contribution in [3.8, 4) is 0 Å². The SMILES string of the molecule is C[C@H]1NC(=O)[C@@H]1NC(=O)OCc1ccccc1. The predicted molar refractivity (Wildman–Crippen MR) is 61.2 cm³/mol. The van der Waals surface area contributed by atoms with Gasteiger partial charge in [0, 0.05) is 0 Å². The van der Waals surface area contributed by atoms with Crippen LogP contribution in [0.1, 0.15) is 12.5 Å². The fourth-order valence-corrected chi connectivity index (χ4v) is 1.61. The minimum atomic E-state index is -0.569. The lowest BCUT2D eigenvalue weighted by atomic mass is 10.0. The lowest BCUT2D eigenvalue weighted by molar-refractivity contribution is -0.131. The van der Waals surface area contributed by atoms with Gasteiger partial charge in [0.25, 0.3) is 0 Å². The van der Waals surface area contributed by atoms with Gasteiger partial charge in [-0.3, -0.25) is 4.79 Å². The zero-order valence-corrected chi connectivity index (χ0v) is 9.47. The fourth-order valence-electron chi connectivity index (χ4n) is 1.61. The molecule has 0 aromatic heterocycles. The summed E-state index contributed by atoms with van der Waals surface area (Å²) in [6.45, 7) is 2.03. The molecule has 1 aliphatic rings. The highest BCUT2D eigenvalue weighted by atomic mass is 16.5. The number of nitrogens with one attached hydrogen (secondary N) is 2. The molecule has 1 aliphatic heterocycles. The lowest BCUT2D eigenvalue weighted by Gasteiger charge is -2.33. The van der Waals surface area contributed by atoms with E-state index < -0.39 is 12.1 Å². The monoisotopic (exact) mass is 234 g/mol. The van der Waals surface area contributed by atoms with Gasteiger partial charge in [0.05, 0.1) is 6.04 Å². The van der Waals surface area contributed by atoms with E-state index in [-0.39, 0.29) is 18.6 Å². The van der Waals surface area contributed by atoms with E-state index in [0.29, 0.717) is 0 Å². The summed E-state index contributed by atoms with van der Waals surface area (Å²) in [5.74, 6) is -0.172. The van der Waals surface area contributed by atoms with Crippen molar-refractivity contribution in [3.05, 3.63) is 35.9 Å². The number of carbonyl (C=O) groups is 2. The summed E-state index contributed by atoms with van der Waals surface area (Å²) in [6, 6.07) is 8.86. The first-order valence-corrected chi connectivity index (χ1v) is 5.44. The number of alkyl carbamates (subject to hydrolysis) is 1. The molecule has 90 valence electrons. The maximum atomic E-state index is 11.4. The smallest absolute Gasteiger partial charge is 0.408 e. The third kappa shape index (κ3) is 2.75. The topological polar surface area (TPSA) is 67.4 Å². The van der Waals surface area contributed by atoms with Gasteiger partial charge in [0.1, 0.15) is 12.6 Å². The van der Waals surface area contributed by atoms with Crippen molar-refractivity contribution in [2.45, 2.75) is 25.6 Å². The Morgan fingerprint density at radius 3 is 2.71 bits per heavy atom. The van der Waals surface area contributed by atoms with Gasteiger partial charge in [-0.1, -0.05) is 30.3 Å². The Morgan fingerprint density at radius 2 is 2.12 bits per heavy atom. The van der Waals surface area contributed by atoms with Crippen molar-refractivity contribution in [2.75, 3.05) is 0 Å². The molecule has 1 saturated heterocycles. The standard InChI is InChI=1S/C12H14N2O3/c1-8-10(11(15)13-8)14-12(16)17-7-9-5-3-2-4-6-9/h2-6,8,10H,7H2,1H3,(H,13,15)(H,14,16)/t8-,10-/m1/s1. The van der Waals surface area contributed by atoms with Crippen LogP contribution in [0.2, 0.25) is 0 Å². The van der Waals surface area contributed by atoms with Crippen LogP contribution in [0.15, 0.2) is 30.3 Å². The van der Waals surface area contributed by atoms with Crippen molar-refractivity contribution in [1.29, 1.82) is 0 Å². The zero-order valence-electron chi connectivity index (χ0n) is 9.47. The molecule has 5 heteroatoms. The Hall–Kier alpha value is -2.04. The second-order valence-electron chi connectivity index (χ2n) is 3.98. The molecule has 1 aromatic rings. The summed E-state index contributed by atoms with van der Waals surface area (Å²) in [6.07, 6.45) is -0.569. The molecule has 1 fully saturated rings. The van der Waals surface area contributed by atoms with Gasteiger partial charge in [-0.15, -0.1) is 0 Å². The average Bonchev–Trinajstić information content (AvgIpc) is 2.35. The number of rotatable bonds is 3. The third-order valence-corrected chi connectivity index (χ3v) is 2.64. The van der Waals surface area contributed by atoms with Crippen molar-refractivity contribution in [1.82, 2.24) is 10.6 Å². The third-order valence-electron chi connectivity index (χ3n) is 2.64. The molecule has 0 bridgehead atoms. The van der Waals surface area contributed by atoms with Crippen molar-refractivity contribution in [3.63, 3.8) is 0 Å². The molecule has 1 aromatic carbocycles. The minimum absolute atomic E-state index is 0.0354. The van der Waals surface area contributed by atoms with E-state index >= 15 is 0 Å². The van der Waals surface area contributed by atoms with Gasteiger partial charge in [0.2, 0.25) is 5.91 Å². The molecule has 17 heavy (non-hydrogen) atoms. The van der Waals surface area contributed by atoms with Crippen LogP contribution >= 0.6 is 0 Å². The maximum Gasteiger partial charge on any atom is 0.408 e. The van der Waals surface area contributed by atoms with Crippen LogP contribution in [-0.2, 0) is 16.1 Å².